The van der Waals surface area contributed by atoms with E-state index in [-0.39, 0.29) is 0 Å². The van der Waals surface area contributed by atoms with Crippen molar-refractivity contribution in [3.63, 3.8) is 0 Å². The van der Waals surface area contributed by atoms with Gasteiger partial charge in [-0.3, -0.25) is 0 Å². The molecule has 1 N–H and O–H groups in total. The number of nitrogens with zero attached hydrogens (tertiary/aromatic N) is 2. The first-order valence-electron chi connectivity index (χ1n) is 8.71. The van der Waals surface area contributed by atoms with Crippen molar-refractivity contribution in [1.82, 2.24) is 15.1 Å². The third-order valence-electron chi connectivity index (χ3n) is 5.19. The summed E-state index contributed by atoms with van der Waals surface area (Å²) in [4.78, 5) is 5.06. The van der Waals surface area contributed by atoms with E-state index in [1.165, 1.54) is 45.3 Å². The highest BCUT2D eigenvalue weighted by atomic mass is 16.5. The second kappa shape index (κ2) is 7.91. The first kappa shape index (κ1) is 17.2. The summed E-state index contributed by atoms with van der Waals surface area (Å²) in [5.41, 5.74) is 0.306. The number of likely N-dealkylation sites (tertiary alicyclic amines) is 1. The first-order valence-corrected chi connectivity index (χ1v) is 8.71. The van der Waals surface area contributed by atoms with Crippen LogP contribution in [0.15, 0.2) is 0 Å². The molecule has 1 unspecified atom stereocenters. The highest BCUT2D eigenvalue weighted by molar-refractivity contribution is 4.89. The van der Waals surface area contributed by atoms with E-state index in [1.807, 2.05) is 0 Å². The van der Waals surface area contributed by atoms with Gasteiger partial charge in [-0.15, -0.1) is 0 Å². The summed E-state index contributed by atoms with van der Waals surface area (Å²) in [6.07, 6.45) is 5.12. The minimum absolute atomic E-state index is 0.306. The number of hydrogen-bond donors (Lipinski definition) is 1. The monoisotopic (exact) mass is 297 g/mol. The molecule has 0 radical (unpaired) electrons. The van der Waals surface area contributed by atoms with E-state index in [4.69, 9.17) is 4.74 Å². The molecule has 21 heavy (non-hydrogen) atoms. The average Bonchev–Trinajstić information content (AvgIpc) is 2.47. The normalized spacial score (nSPS) is 29.4. The molecule has 124 valence electrons. The molecule has 0 saturated carbocycles. The quantitative estimate of drug-likeness (QED) is 0.809. The van der Waals surface area contributed by atoms with Gasteiger partial charge >= 0.3 is 0 Å². The maximum absolute atomic E-state index is 5.85. The molecular formula is C17H35N3O. The topological polar surface area (TPSA) is 27.7 Å². The van der Waals surface area contributed by atoms with Crippen molar-refractivity contribution >= 4 is 0 Å². The van der Waals surface area contributed by atoms with Gasteiger partial charge in [0.15, 0.2) is 0 Å². The van der Waals surface area contributed by atoms with E-state index in [1.54, 1.807) is 0 Å². The van der Waals surface area contributed by atoms with Crippen LogP contribution in [0.2, 0.25) is 0 Å². The summed E-state index contributed by atoms with van der Waals surface area (Å²) in [6.45, 7) is 11.1. The fourth-order valence-corrected chi connectivity index (χ4v) is 3.74. The second-order valence-electron chi connectivity index (χ2n) is 7.64. The molecule has 4 heteroatoms. The number of nitrogens with one attached hydrogen (secondary N) is 1. The lowest BCUT2D eigenvalue weighted by molar-refractivity contribution is -0.0326. The Morgan fingerprint density at radius 3 is 2.62 bits per heavy atom. The molecule has 2 aliphatic heterocycles. The van der Waals surface area contributed by atoms with Crippen LogP contribution in [0.25, 0.3) is 0 Å². The zero-order chi connectivity index (χ0) is 15.3. The SMILES string of the molecule is CC(C)NCC1(CN(C)C2CCN(C)CC2)CCCOC1. The Morgan fingerprint density at radius 2 is 2.05 bits per heavy atom. The Hall–Kier alpha value is -0.160. The molecule has 0 aromatic carbocycles. The van der Waals surface area contributed by atoms with Gasteiger partial charge < -0.3 is 19.9 Å². The van der Waals surface area contributed by atoms with Crippen molar-refractivity contribution < 1.29 is 4.74 Å². The lowest BCUT2D eigenvalue weighted by Gasteiger charge is -2.44. The molecule has 0 aliphatic carbocycles. The van der Waals surface area contributed by atoms with Gasteiger partial charge in [0.2, 0.25) is 0 Å². The molecular weight excluding hydrogens is 262 g/mol. The standard InChI is InChI=1S/C17H35N3O/c1-15(2)18-12-17(8-5-11-21-14-17)13-20(4)16-6-9-19(3)10-7-16/h15-16,18H,5-14H2,1-4H3. The Kier molecular flexibility index (Phi) is 6.48. The van der Waals surface area contributed by atoms with E-state index in [0.29, 0.717) is 11.5 Å². The van der Waals surface area contributed by atoms with Crippen molar-refractivity contribution in [3.8, 4) is 0 Å². The molecule has 0 bridgehead atoms. The van der Waals surface area contributed by atoms with Crippen LogP contribution >= 0.6 is 0 Å². The highest BCUT2D eigenvalue weighted by Gasteiger charge is 2.35. The summed E-state index contributed by atoms with van der Waals surface area (Å²) >= 11 is 0. The number of ether oxygens (including phenoxy) is 1. The second-order valence-corrected chi connectivity index (χ2v) is 7.64. The minimum atomic E-state index is 0.306. The fraction of sp³-hybridized carbons (Fsp3) is 1.00. The average molecular weight is 297 g/mol. The molecule has 4 nitrogen and oxygen atoms in total. The van der Waals surface area contributed by atoms with Gasteiger partial charge in [-0.1, -0.05) is 13.8 Å². The van der Waals surface area contributed by atoms with Crippen LogP contribution in [0.4, 0.5) is 0 Å². The summed E-state index contributed by atoms with van der Waals surface area (Å²) in [7, 11) is 4.56. The van der Waals surface area contributed by atoms with Crippen molar-refractivity contribution in [2.45, 2.75) is 51.6 Å². The summed E-state index contributed by atoms with van der Waals surface area (Å²) in [6, 6.07) is 1.30. The Labute approximate surface area is 131 Å². The van der Waals surface area contributed by atoms with Gasteiger partial charge in [-0.25, -0.2) is 0 Å². The van der Waals surface area contributed by atoms with Crippen molar-refractivity contribution in [2.75, 3.05) is 53.5 Å². The van der Waals surface area contributed by atoms with E-state index in [0.717, 1.165) is 25.8 Å². The lowest BCUT2D eigenvalue weighted by Crippen LogP contribution is -2.52. The predicted molar refractivity (Wildman–Crippen MR) is 88.8 cm³/mol. The molecule has 0 aromatic rings. The van der Waals surface area contributed by atoms with Crippen LogP contribution in [0, 0.1) is 5.41 Å². The third-order valence-corrected chi connectivity index (χ3v) is 5.19. The van der Waals surface area contributed by atoms with Crippen molar-refractivity contribution in [2.24, 2.45) is 5.41 Å². The molecule has 2 saturated heterocycles. The van der Waals surface area contributed by atoms with Gasteiger partial charge in [-0.2, -0.15) is 0 Å². The molecule has 0 spiro atoms. The first-order chi connectivity index (χ1) is 10.0. The minimum Gasteiger partial charge on any atom is -0.381 e. The van der Waals surface area contributed by atoms with Gasteiger partial charge in [0.25, 0.3) is 0 Å². The third kappa shape index (κ3) is 5.20. The fourth-order valence-electron chi connectivity index (χ4n) is 3.74. The van der Waals surface area contributed by atoms with E-state index in [9.17, 15) is 0 Å². The predicted octanol–water partition coefficient (Wildman–Crippen LogP) is 1.81. The molecule has 2 heterocycles. The zero-order valence-corrected chi connectivity index (χ0v) is 14.5. The Balaban J connectivity index is 1.90. The number of hydrogen-bond acceptors (Lipinski definition) is 4. The maximum Gasteiger partial charge on any atom is 0.0546 e. The zero-order valence-electron chi connectivity index (χ0n) is 14.5. The van der Waals surface area contributed by atoms with Gasteiger partial charge in [0, 0.05) is 37.2 Å². The molecule has 2 aliphatic rings. The van der Waals surface area contributed by atoms with Crippen LogP contribution in [0.1, 0.15) is 39.5 Å². The summed E-state index contributed by atoms with van der Waals surface area (Å²) in [5, 5.41) is 3.66. The van der Waals surface area contributed by atoms with E-state index in [2.05, 4.69) is 43.1 Å². The van der Waals surface area contributed by atoms with Crippen LogP contribution in [-0.4, -0.2) is 75.4 Å². The lowest BCUT2D eigenvalue weighted by atomic mass is 9.81. The van der Waals surface area contributed by atoms with Gasteiger partial charge in [0.05, 0.1) is 6.61 Å². The molecule has 1 atom stereocenters. The van der Waals surface area contributed by atoms with E-state index < -0.39 is 0 Å². The maximum atomic E-state index is 5.85. The number of rotatable bonds is 6. The molecule has 2 rings (SSSR count). The smallest absolute Gasteiger partial charge is 0.0546 e. The number of piperidine rings is 1. The van der Waals surface area contributed by atoms with Crippen LogP contribution in [0.3, 0.4) is 0 Å². The van der Waals surface area contributed by atoms with Crippen LogP contribution < -0.4 is 5.32 Å². The molecule has 2 fully saturated rings. The summed E-state index contributed by atoms with van der Waals surface area (Å²) in [5.74, 6) is 0. The van der Waals surface area contributed by atoms with Crippen molar-refractivity contribution in [1.29, 1.82) is 0 Å². The van der Waals surface area contributed by atoms with E-state index >= 15 is 0 Å². The van der Waals surface area contributed by atoms with Gasteiger partial charge in [-0.05, 0) is 52.9 Å². The van der Waals surface area contributed by atoms with Crippen LogP contribution in [0.5, 0.6) is 0 Å². The molecule has 0 aromatic heterocycles. The summed E-state index contributed by atoms with van der Waals surface area (Å²) < 4.78 is 5.85. The Morgan fingerprint density at radius 1 is 1.33 bits per heavy atom. The highest BCUT2D eigenvalue weighted by Crippen LogP contribution is 2.30. The largest absolute Gasteiger partial charge is 0.381 e. The van der Waals surface area contributed by atoms with Crippen molar-refractivity contribution in [3.05, 3.63) is 0 Å². The van der Waals surface area contributed by atoms with Crippen LogP contribution in [-0.2, 0) is 4.74 Å². The molecule has 0 amide bonds. The Bertz CT molecular complexity index is 294. The van der Waals surface area contributed by atoms with Gasteiger partial charge in [0.1, 0.15) is 0 Å².